The lowest BCUT2D eigenvalue weighted by Gasteiger charge is -2.10. The zero-order valence-electron chi connectivity index (χ0n) is 10.4. The molecule has 3 rings (SSSR count). The van der Waals surface area contributed by atoms with Gasteiger partial charge in [0.2, 0.25) is 0 Å². The topological polar surface area (TPSA) is 17.8 Å². The van der Waals surface area contributed by atoms with Gasteiger partial charge >= 0.3 is 0 Å². The maximum atomic E-state index is 14.0. The number of alkyl halides is 1. The average Bonchev–Trinajstić information content (AvgIpc) is 2.77. The Balaban J connectivity index is 2.43. The van der Waals surface area contributed by atoms with Crippen LogP contribution in [-0.2, 0) is 5.88 Å². The quantitative estimate of drug-likeness (QED) is 0.571. The third kappa shape index (κ3) is 2.37. The van der Waals surface area contributed by atoms with Crippen LogP contribution in [0.1, 0.15) is 5.82 Å². The highest BCUT2D eigenvalue weighted by Crippen LogP contribution is 2.32. The Morgan fingerprint density at radius 2 is 1.67 bits per heavy atom. The van der Waals surface area contributed by atoms with Gasteiger partial charge in [-0.1, -0.05) is 29.3 Å². The summed E-state index contributed by atoms with van der Waals surface area (Å²) in [6.45, 7) is 0. The molecule has 3 aromatic rings. The number of aromatic nitrogens is 2. The molecule has 0 bridgehead atoms. The van der Waals surface area contributed by atoms with E-state index in [1.165, 1.54) is 34.9 Å². The Morgan fingerprint density at radius 3 is 2.29 bits per heavy atom. The van der Waals surface area contributed by atoms with Crippen LogP contribution < -0.4 is 0 Å². The van der Waals surface area contributed by atoms with Crippen molar-refractivity contribution >= 4 is 45.8 Å². The zero-order chi connectivity index (χ0) is 15.1. The van der Waals surface area contributed by atoms with Crippen LogP contribution in [0.15, 0.2) is 30.3 Å². The molecule has 0 radical (unpaired) electrons. The van der Waals surface area contributed by atoms with Gasteiger partial charge in [0.1, 0.15) is 23.1 Å². The number of para-hydroxylation sites is 1. The number of benzene rings is 2. The molecule has 108 valence electrons. The predicted molar refractivity (Wildman–Crippen MR) is 80.6 cm³/mol. The van der Waals surface area contributed by atoms with Crippen molar-refractivity contribution in [1.82, 2.24) is 9.55 Å². The number of imidazole rings is 1. The molecule has 0 aliphatic rings. The van der Waals surface area contributed by atoms with Crippen LogP contribution in [0.5, 0.6) is 0 Å². The number of hydrogen-bond acceptors (Lipinski definition) is 1. The first-order valence-corrected chi connectivity index (χ1v) is 7.18. The van der Waals surface area contributed by atoms with Crippen molar-refractivity contribution < 1.29 is 8.78 Å². The highest BCUT2D eigenvalue weighted by atomic mass is 35.5. The van der Waals surface area contributed by atoms with Crippen LogP contribution in [0.3, 0.4) is 0 Å². The van der Waals surface area contributed by atoms with E-state index < -0.39 is 11.6 Å². The number of hydrogen-bond donors (Lipinski definition) is 0. The van der Waals surface area contributed by atoms with E-state index in [2.05, 4.69) is 4.98 Å². The van der Waals surface area contributed by atoms with Crippen molar-refractivity contribution in [3.8, 4) is 5.69 Å². The van der Waals surface area contributed by atoms with E-state index in [9.17, 15) is 8.78 Å². The Kier molecular flexibility index (Phi) is 3.78. The Labute approximate surface area is 133 Å². The summed E-state index contributed by atoms with van der Waals surface area (Å²) in [5.74, 6) is -1.15. The van der Waals surface area contributed by atoms with Gasteiger partial charge in [0, 0.05) is 0 Å². The van der Waals surface area contributed by atoms with Crippen molar-refractivity contribution in [2.45, 2.75) is 5.88 Å². The minimum Gasteiger partial charge on any atom is -0.290 e. The molecule has 1 heterocycles. The molecule has 0 spiro atoms. The van der Waals surface area contributed by atoms with Crippen LogP contribution in [0, 0.1) is 11.6 Å². The van der Waals surface area contributed by atoms with Gasteiger partial charge < -0.3 is 0 Å². The fourth-order valence-electron chi connectivity index (χ4n) is 2.16. The summed E-state index contributed by atoms with van der Waals surface area (Å²) in [6, 6.07) is 6.66. The summed E-state index contributed by atoms with van der Waals surface area (Å²) < 4.78 is 29.4. The third-order valence-electron chi connectivity index (χ3n) is 3.05. The Morgan fingerprint density at radius 1 is 1.05 bits per heavy atom. The zero-order valence-corrected chi connectivity index (χ0v) is 12.6. The molecule has 7 heteroatoms. The second-order valence-electron chi connectivity index (χ2n) is 4.32. The van der Waals surface area contributed by atoms with Gasteiger partial charge in [0.25, 0.3) is 0 Å². The monoisotopic (exact) mass is 346 g/mol. The first kappa shape index (κ1) is 14.6. The molecular formula is C14H7Cl3F2N2. The van der Waals surface area contributed by atoms with Crippen LogP contribution in [0.2, 0.25) is 10.0 Å². The maximum absolute atomic E-state index is 14.0. The third-order valence-corrected chi connectivity index (χ3v) is 4.01. The van der Waals surface area contributed by atoms with E-state index in [0.717, 1.165) is 0 Å². The molecule has 2 aromatic carbocycles. The fourth-order valence-corrected chi connectivity index (χ4v) is 2.66. The highest BCUT2D eigenvalue weighted by molar-refractivity contribution is 6.42. The Hall–Kier alpha value is -1.36. The minimum absolute atomic E-state index is 0.0162. The molecular weight excluding hydrogens is 341 g/mol. The summed E-state index contributed by atoms with van der Waals surface area (Å²) in [7, 11) is 0. The summed E-state index contributed by atoms with van der Waals surface area (Å²) >= 11 is 17.8. The molecule has 21 heavy (non-hydrogen) atoms. The molecule has 1 aromatic heterocycles. The number of fused-ring (bicyclic) bond motifs is 1. The molecule has 0 unspecified atom stereocenters. The molecule has 0 fully saturated rings. The second kappa shape index (κ2) is 5.44. The number of nitrogens with zero attached hydrogens (tertiary/aromatic N) is 2. The second-order valence-corrected chi connectivity index (χ2v) is 5.40. The highest BCUT2D eigenvalue weighted by Gasteiger charge is 2.19. The van der Waals surface area contributed by atoms with Crippen molar-refractivity contribution in [3.05, 3.63) is 57.8 Å². The first-order chi connectivity index (χ1) is 10.0. The SMILES string of the molecule is Fc1cccc(F)c1-n1c(CCl)nc2cc(Cl)c(Cl)cc21. The van der Waals surface area contributed by atoms with E-state index in [1.807, 2.05) is 0 Å². The lowest BCUT2D eigenvalue weighted by atomic mass is 10.2. The molecule has 0 atom stereocenters. The normalized spacial score (nSPS) is 11.3. The molecule has 0 amide bonds. The molecule has 0 N–H and O–H groups in total. The van der Waals surface area contributed by atoms with E-state index in [1.54, 1.807) is 0 Å². The standard InChI is InChI=1S/C14H7Cl3F2N2/c15-6-13-20-11-4-7(16)8(17)5-12(11)21(13)14-9(18)2-1-3-10(14)19/h1-5H,6H2. The number of halogens is 5. The van der Waals surface area contributed by atoms with Crippen molar-refractivity contribution in [2.75, 3.05) is 0 Å². The van der Waals surface area contributed by atoms with Crippen LogP contribution in [-0.4, -0.2) is 9.55 Å². The lowest BCUT2D eigenvalue weighted by molar-refractivity contribution is 0.569. The molecule has 0 aliphatic carbocycles. The summed E-state index contributed by atoms with van der Waals surface area (Å²) in [5.41, 5.74) is 0.654. The molecule has 0 saturated heterocycles. The summed E-state index contributed by atoms with van der Waals surface area (Å²) in [4.78, 5) is 4.25. The van der Waals surface area contributed by atoms with E-state index in [-0.39, 0.29) is 16.6 Å². The largest absolute Gasteiger partial charge is 0.290 e. The van der Waals surface area contributed by atoms with Gasteiger partial charge in [-0.2, -0.15) is 0 Å². The van der Waals surface area contributed by atoms with Gasteiger partial charge in [-0.05, 0) is 24.3 Å². The first-order valence-electron chi connectivity index (χ1n) is 5.89. The molecule has 0 saturated carbocycles. The minimum atomic E-state index is -0.716. The Bertz CT molecular complexity index is 826. The van der Waals surface area contributed by atoms with Crippen LogP contribution in [0.4, 0.5) is 8.78 Å². The van der Waals surface area contributed by atoms with Crippen LogP contribution in [0.25, 0.3) is 16.7 Å². The summed E-state index contributed by atoms with van der Waals surface area (Å²) in [6.07, 6.45) is 0. The van der Waals surface area contributed by atoms with Crippen LogP contribution >= 0.6 is 34.8 Å². The smallest absolute Gasteiger partial charge is 0.150 e. The molecule has 2 nitrogen and oxygen atoms in total. The van der Waals surface area contributed by atoms with Gasteiger partial charge in [-0.25, -0.2) is 13.8 Å². The van der Waals surface area contributed by atoms with Crippen molar-refractivity contribution in [1.29, 1.82) is 0 Å². The summed E-state index contributed by atoms with van der Waals surface area (Å²) in [5, 5.41) is 0.576. The van der Waals surface area contributed by atoms with Gasteiger partial charge in [0.15, 0.2) is 0 Å². The maximum Gasteiger partial charge on any atom is 0.150 e. The van der Waals surface area contributed by atoms with Gasteiger partial charge in [0.05, 0.1) is 27.0 Å². The lowest BCUT2D eigenvalue weighted by Crippen LogP contribution is -2.05. The molecule has 0 aliphatic heterocycles. The van der Waals surface area contributed by atoms with Crippen molar-refractivity contribution in [3.63, 3.8) is 0 Å². The fraction of sp³-hybridized carbons (Fsp3) is 0.0714. The van der Waals surface area contributed by atoms with Gasteiger partial charge in [-0.3, -0.25) is 4.57 Å². The van der Waals surface area contributed by atoms with Crippen molar-refractivity contribution in [2.24, 2.45) is 0 Å². The average molecular weight is 348 g/mol. The van der Waals surface area contributed by atoms with Gasteiger partial charge in [-0.15, -0.1) is 11.6 Å². The van der Waals surface area contributed by atoms with E-state index in [0.29, 0.717) is 21.9 Å². The number of rotatable bonds is 2. The van der Waals surface area contributed by atoms with E-state index in [4.69, 9.17) is 34.8 Å². The predicted octanol–water partition coefficient (Wildman–Crippen LogP) is 5.35. The van der Waals surface area contributed by atoms with E-state index >= 15 is 0 Å².